The van der Waals surface area contributed by atoms with Crippen molar-refractivity contribution in [1.29, 1.82) is 0 Å². The van der Waals surface area contributed by atoms with Gasteiger partial charge < -0.3 is 4.72 Å². The van der Waals surface area contributed by atoms with Crippen molar-refractivity contribution in [1.82, 2.24) is 0 Å². The van der Waals surface area contributed by atoms with E-state index in [1.165, 1.54) is 12.1 Å². The Kier molecular flexibility index (Phi) is 10.2. The molecule has 0 saturated heterocycles. The number of hydrogen-bond acceptors (Lipinski definition) is 2. The second-order valence-electron chi connectivity index (χ2n) is 9.24. The molecule has 5 aromatic carbocycles. The molecule has 0 amide bonds. The Hall–Kier alpha value is -4.22. The summed E-state index contributed by atoms with van der Waals surface area (Å²) in [5, 5.41) is 0. The van der Waals surface area contributed by atoms with Gasteiger partial charge in [-0.1, -0.05) is 150 Å². The van der Waals surface area contributed by atoms with Crippen LogP contribution >= 0.6 is 0 Å². The Morgan fingerprint density at radius 3 is 1.56 bits per heavy atom. The van der Waals surface area contributed by atoms with E-state index in [4.69, 9.17) is 0 Å². The molecule has 0 unspecified atom stereocenters. The minimum absolute atomic E-state index is 0. The van der Waals surface area contributed by atoms with Gasteiger partial charge in [0.2, 0.25) is 0 Å². The maximum Gasteiger partial charge on any atom is 2.00 e. The largest absolute Gasteiger partial charge is 2.00 e. The topological polar surface area (TPSA) is 48.2 Å². The molecule has 0 saturated carbocycles. The van der Waals surface area contributed by atoms with E-state index in [1.807, 2.05) is 121 Å². The number of hydrogen-bond donors (Lipinski definition) is 0. The van der Waals surface area contributed by atoms with Crippen LogP contribution in [0.25, 0.3) is 21.4 Å². The first-order valence-corrected chi connectivity index (χ1v) is 14.4. The molecule has 0 fully saturated rings. The van der Waals surface area contributed by atoms with Gasteiger partial charge in [-0.2, -0.15) is 13.2 Å². The number of alkyl halides is 3. The fraction of sp³-hybridized carbons (Fsp3) is 0.0286. The van der Waals surface area contributed by atoms with E-state index in [2.05, 4.69) is 10.8 Å². The molecular weight excluding hydrogens is 662 g/mol. The van der Waals surface area contributed by atoms with Crippen molar-refractivity contribution in [3.8, 4) is 0 Å². The van der Waals surface area contributed by atoms with Crippen LogP contribution in [-0.4, -0.2) is 13.9 Å². The van der Waals surface area contributed by atoms with E-state index in [0.717, 1.165) is 16.7 Å². The molecule has 5 rings (SSSR count). The molecule has 0 atom stereocenters. The van der Waals surface area contributed by atoms with Crippen molar-refractivity contribution in [3.63, 3.8) is 0 Å². The van der Waals surface area contributed by atoms with Gasteiger partial charge in [0.15, 0.2) is 10.0 Å². The molecule has 218 valence electrons. The van der Waals surface area contributed by atoms with Crippen LogP contribution in [0.3, 0.4) is 0 Å². The fourth-order valence-electron chi connectivity index (χ4n) is 4.55. The van der Waals surface area contributed by atoms with E-state index in [1.54, 1.807) is 12.1 Å². The molecule has 5 aromatic rings. The Balaban J connectivity index is 0.00000423. The number of halogens is 3. The van der Waals surface area contributed by atoms with Crippen LogP contribution < -0.4 is 0 Å². The van der Waals surface area contributed by atoms with E-state index >= 15 is 0 Å². The summed E-state index contributed by atoms with van der Waals surface area (Å²) in [6.45, 7) is 0. The van der Waals surface area contributed by atoms with Crippen LogP contribution in [0.15, 0.2) is 146 Å². The van der Waals surface area contributed by atoms with Gasteiger partial charge in [-0.15, -0.1) is 35.0 Å². The van der Waals surface area contributed by atoms with Gasteiger partial charge in [-0.05, 0) is 16.7 Å². The van der Waals surface area contributed by atoms with E-state index in [0.29, 0.717) is 22.3 Å². The first-order valence-electron chi connectivity index (χ1n) is 13.0. The van der Waals surface area contributed by atoms with Gasteiger partial charge in [-0.3, -0.25) is 0 Å². The van der Waals surface area contributed by atoms with Crippen LogP contribution in [0.4, 0.5) is 18.9 Å². The molecule has 0 aliphatic rings. The second kappa shape index (κ2) is 13.8. The summed E-state index contributed by atoms with van der Waals surface area (Å²) in [4.78, 5) is 0. The zero-order chi connectivity index (χ0) is 29.6. The quantitative estimate of drug-likeness (QED) is 0.0707. The minimum Gasteiger partial charge on any atom is -0.569 e. The molecule has 0 aliphatic carbocycles. The number of benzene rings is 5. The van der Waals surface area contributed by atoms with Crippen LogP contribution in [0.5, 0.6) is 0 Å². The van der Waals surface area contributed by atoms with Crippen LogP contribution in [0.2, 0.25) is 0 Å². The zero-order valence-electron chi connectivity index (χ0n) is 22.5. The Morgan fingerprint density at radius 2 is 1.02 bits per heavy atom. The Bertz CT molecular complexity index is 1820. The molecule has 0 radical (unpaired) electrons. The minimum atomic E-state index is -5.82. The van der Waals surface area contributed by atoms with Gasteiger partial charge in [0.05, 0.1) is 0 Å². The van der Waals surface area contributed by atoms with E-state index < -0.39 is 15.5 Å². The molecule has 0 bridgehead atoms. The van der Waals surface area contributed by atoms with Gasteiger partial charge >= 0.3 is 25.9 Å². The molecule has 43 heavy (non-hydrogen) atoms. The molecular formula is C35H24F3NO2PdS. The summed E-state index contributed by atoms with van der Waals surface area (Å²) in [6, 6.07) is 43.6. The van der Waals surface area contributed by atoms with Crippen molar-refractivity contribution < 1.29 is 42.0 Å². The average molecular weight is 686 g/mol. The van der Waals surface area contributed by atoms with Crippen molar-refractivity contribution in [2.45, 2.75) is 5.51 Å². The van der Waals surface area contributed by atoms with Gasteiger partial charge in [0.1, 0.15) is 0 Å². The standard InChI is InChI=1S/C35H24F3NO2S.Pd/c36-35(37,38)42(40,41)39-32-24-14-13-23-30(32)33(28-19-9-3-10-20-28)34(29-21-11-4-12-22-29)31(27-17-7-2-8-18-27)25-26-15-5-1-6-16-26;/h1-24H;/q-2;+2/b34-33-;. The third-order valence-electron chi connectivity index (χ3n) is 6.41. The van der Waals surface area contributed by atoms with Gasteiger partial charge in [0, 0.05) is 0 Å². The van der Waals surface area contributed by atoms with Crippen molar-refractivity contribution >= 4 is 32.4 Å². The first kappa shape index (κ1) is 31.7. The normalized spacial score (nSPS) is 12.6. The number of sulfonamides is 1. The smallest absolute Gasteiger partial charge is 0.569 e. The predicted octanol–water partition coefficient (Wildman–Crippen LogP) is 9.43. The molecule has 0 N–H and O–H groups in total. The predicted molar refractivity (Wildman–Crippen MR) is 162 cm³/mol. The van der Waals surface area contributed by atoms with Gasteiger partial charge in [-0.25, -0.2) is 8.42 Å². The third kappa shape index (κ3) is 7.41. The molecule has 0 heterocycles. The summed E-state index contributed by atoms with van der Waals surface area (Å²) in [7, 11) is -5.82. The number of allylic oxidation sites excluding steroid dienone is 2. The zero-order valence-corrected chi connectivity index (χ0v) is 24.8. The van der Waals surface area contributed by atoms with E-state index in [9.17, 15) is 21.6 Å². The first-order chi connectivity index (χ1) is 20.2. The van der Waals surface area contributed by atoms with E-state index in [-0.39, 0.29) is 31.7 Å². The van der Waals surface area contributed by atoms with Crippen molar-refractivity contribution in [2.24, 2.45) is 0 Å². The Labute approximate surface area is 263 Å². The summed E-state index contributed by atoms with van der Waals surface area (Å²) in [6.07, 6.45) is 3.54. The molecule has 0 aromatic heterocycles. The van der Waals surface area contributed by atoms with Crippen molar-refractivity contribution in [2.75, 3.05) is 0 Å². The third-order valence-corrected chi connectivity index (χ3v) is 7.44. The molecule has 0 aliphatic heterocycles. The summed E-state index contributed by atoms with van der Waals surface area (Å²) in [5.41, 5.74) is -0.826. The maximum absolute atomic E-state index is 13.5. The van der Waals surface area contributed by atoms with Crippen molar-refractivity contribution in [3.05, 3.63) is 184 Å². The van der Waals surface area contributed by atoms with Crippen LogP contribution in [-0.2, 0) is 30.4 Å². The average Bonchev–Trinajstić information content (AvgIpc) is 3.00. The maximum atomic E-state index is 13.5. The summed E-state index contributed by atoms with van der Waals surface area (Å²) in [5.74, 6) is 0. The van der Waals surface area contributed by atoms with Crippen LogP contribution in [0.1, 0.15) is 27.8 Å². The van der Waals surface area contributed by atoms with Gasteiger partial charge in [0.25, 0.3) is 0 Å². The van der Waals surface area contributed by atoms with Crippen LogP contribution in [0, 0.1) is 6.08 Å². The fourth-order valence-corrected chi connectivity index (χ4v) is 5.08. The molecule has 8 heteroatoms. The Morgan fingerprint density at radius 1 is 0.581 bits per heavy atom. The monoisotopic (exact) mass is 685 g/mol. The number of nitrogens with zero attached hydrogens (tertiary/aromatic N) is 1. The summed E-state index contributed by atoms with van der Waals surface area (Å²) >= 11 is 0. The summed E-state index contributed by atoms with van der Waals surface area (Å²) < 4.78 is 68.2. The SMILES string of the molecule is O=S(=O)([N-]c1ccccc1/C(=C(\C(=[C-]c1ccccc1)c1ccccc1)c1ccccc1)c1ccccc1)C(F)(F)F.[Pd+2]. The molecule has 0 spiro atoms. The number of rotatable bonds is 8. The molecule has 3 nitrogen and oxygen atoms in total. The second-order valence-corrected chi connectivity index (χ2v) is 10.8.